The molecule has 0 aliphatic carbocycles. The number of H-pyrrole nitrogens is 1. The zero-order valence-corrected chi connectivity index (χ0v) is 53.2. The van der Waals surface area contributed by atoms with E-state index in [1.165, 1.54) is 47.1 Å². The number of aliphatic hydroxyl groups excluding tert-OH is 2. The highest BCUT2D eigenvalue weighted by molar-refractivity contribution is 7.80. The lowest BCUT2D eigenvalue weighted by molar-refractivity contribution is -0.143. The summed E-state index contributed by atoms with van der Waals surface area (Å²) in [7, 11) is 0. The third-order valence-electron chi connectivity index (χ3n) is 13.7. The van der Waals surface area contributed by atoms with Gasteiger partial charge in [-0.2, -0.15) is 12.6 Å². The van der Waals surface area contributed by atoms with Crippen molar-refractivity contribution < 1.29 is 78.0 Å². The van der Waals surface area contributed by atoms with Crippen molar-refractivity contribution in [2.75, 3.05) is 18.8 Å². The van der Waals surface area contributed by atoms with Crippen LogP contribution in [-0.4, -0.2) is 211 Å². The molecule has 0 bridgehead atoms. The minimum absolute atomic E-state index is 0.0114. The van der Waals surface area contributed by atoms with Gasteiger partial charge in [-0.3, -0.25) is 62.7 Å². The summed E-state index contributed by atoms with van der Waals surface area (Å²) in [6.45, 7) is 10.1. The zero-order valence-electron chi connectivity index (χ0n) is 52.3. The molecule has 1 aromatic heterocycles. The van der Waals surface area contributed by atoms with E-state index in [2.05, 4.69) is 85.7 Å². The minimum Gasteiger partial charge on any atom is -0.481 e. The molecule has 25 N–H and O–H groups in total. The normalized spacial score (nSPS) is 15.4. The average molecular weight is 1320 g/mol. The number of carbonyl (C=O) groups excluding carboxylic acids is 10. The van der Waals surface area contributed by atoms with E-state index in [0.717, 1.165) is 0 Å². The van der Waals surface area contributed by atoms with E-state index in [1.807, 2.05) is 0 Å². The molecule has 2 aromatic rings. The summed E-state index contributed by atoms with van der Waals surface area (Å²) in [5.74, 6) is -15.0. The van der Waals surface area contributed by atoms with E-state index >= 15 is 0 Å². The molecule has 0 aliphatic heterocycles. The number of guanidine groups is 2. The Labute approximate surface area is 536 Å². The number of amides is 10. The number of nitrogens with two attached hydrogens (primary N) is 5. The van der Waals surface area contributed by atoms with Crippen LogP contribution in [0.25, 0.3) is 0 Å². The van der Waals surface area contributed by atoms with Crippen molar-refractivity contribution in [1.82, 2.24) is 63.1 Å². The van der Waals surface area contributed by atoms with E-state index < -0.39 is 162 Å². The number of rotatable bonds is 41. The maximum Gasteiger partial charge on any atom is 0.326 e. The molecule has 1 aromatic carbocycles. The van der Waals surface area contributed by atoms with Crippen molar-refractivity contribution in [3.63, 3.8) is 0 Å². The Morgan fingerprint density at radius 1 is 0.533 bits per heavy atom. The number of carboxylic acids is 2. The number of hydrogen-bond donors (Lipinski definition) is 21. The van der Waals surface area contributed by atoms with Crippen LogP contribution in [0, 0.1) is 11.8 Å². The number of hydrogen-bond acceptors (Lipinski definition) is 19. The summed E-state index contributed by atoms with van der Waals surface area (Å²) in [6, 6.07) is -8.57. The van der Waals surface area contributed by atoms with Gasteiger partial charge in [0.1, 0.15) is 66.5 Å². The number of aliphatic imine (C=N–C) groups is 2. The lowest BCUT2D eigenvalue weighted by Crippen LogP contribution is -2.62. The number of aliphatic carboxylic acids is 2. The standard InChI is InChI=1S/C56H91N19O16S/c1-26(2)19-35(49(85)75-43(30(7)77)53(89)72-38(54(90)91)20-31-13-9-8-10-14-31)69-44(80)28(5)66-45(81)33(15-11-17-63-55(58)59)67-47(83)36(21-32-23-62-25-65-32)70-48(84)37(22-40(78)79)71-52(88)42(27(3)4)74-46(82)34(16-12-18-64-56(60)61)68-50(86)39(24-92)73-51(87)41(57)29(6)76/h8-10,13-14,23,25-30,33-39,41-43,76-77,92H,11-12,15-22,24,57H2,1-7H3,(H,62,65)(H,66,81)(H,67,83)(H,68,86)(H,69,80)(H,70,84)(H,71,88)(H,72,89)(H,73,87)(H,74,82)(H,75,85)(H,78,79)(H,90,91)(H4,58,59,63)(H4,60,61,64)/t28-,29+,30+,33-,34-,35-,36-,37-,38-,39-,41-,42-,43-/m0/s1. The number of nitrogens with zero attached hydrogens (tertiary/aromatic N) is 3. The Balaban J connectivity index is 2.44. The van der Waals surface area contributed by atoms with Gasteiger partial charge in [0, 0.05) is 43.6 Å². The summed E-state index contributed by atoms with van der Waals surface area (Å²) in [4.78, 5) is 177. The highest BCUT2D eigenvalue weighted by Crippen LogP contribution is 2.12. The van der Waals surface area contributed by atoms with Crippen LogP contribution in [-0.2, 0) is 70.4 Å². The smallest absolute Gasteiger partial charge is 0.326 e. The molecule has 0 radical (unpaired) electrons. The largest absolute Gasteiger partial charge is 0.481 e. The van der Waals surface area contributed by atoms with Crippen molar-refractivity contribution in [2.45, 2.75) is 179 Å². The van der Waals surface area contributed by atoms with Gasteiger partial charge in [0.05, 0.1) is 25.0 Å². The van der Waals surface area contributed by atoms with Crippen LogP contribution in [0.15, 0.2) is 52.8 Å². The van der Waals surface area contributed by atoms with Crippen molar-refractivity contribution >= 4 is 95.6 Å². The first-order valence-corrected chi connectivity index (χ1v) is 30.1. The fourth-order valence-corrected chi connectivity index (χ4v) is 8.91. The molecule has 0 aliphatic rings. The lowest BCUT2D eigenvalue weighted by Gasteiger charge is -2.29. The topological polar surface area (TPSA) is 590 Å². The Bertz CT molecular complexity index is 2860. The molecule has 36 heteroatoms. The summed E-state index contributed by atoms with van der Waals surface area (Å²) in [6.07, 6.45) is -2.18. The Hall–Kier alpha value is -9.16. The fourth-order valence-electron chi connectivity index (χ4n) is 8.65. The van der Waals surface area contributed by atoms with Crippen LogP contribution in [0.2, 0.25) is 0 Å². The van der Waals surface area contributed by atoms with E-state index in [-0.39, 0.29) is 87.3 Å². The van der Waals surface area contributed by atoms with Gasteiger partial charge < -0.3 is 107 Å². The number of aromatic nitrogens is 2. The molecule has 0 fully saturated rings. The number of nitrogens with one attached hydrogen (secondary N) is 11. The van der Waals surface area contributed by atoms with Gasteiger partial charge in [-0.1, -0.05) is 58.0 Å². The predicted molar refractivity (Wildman–Crippen MR) is 337 cm³/mol. The SMILES string of the molecule is CC(C)C[C@H](NC(=O)[C@H](C)NC(=O)[C@H](CCCN=C(N)N)NC(=O)[C@H](Cc1cnc[nH]1)NC(=O)[C@H](CC(=O)O)NC(=O)[C@@H](NC(=O)[C@H](CCCN=C(N)N)NC(=O)[C@H](CS)NC(=O)[C@@H](N)[C@@H](C)O)C(C)C)C(=O)N[C@H](C(=O)N[C@@H](Cc1ccccc1)C(=O)O)[C@@H](C)O. The third-order valence-corrected chi connectivity index (χ3v) is 14.1. The molecule has 2 rings (SSSR count). The maximum absolute atomic E-state index is 14.4. The summed E-state index contributed by atoms with van der Waals surface area (Å²) < 4.78 is 0. The molecule has 13 atom stereocenters. The molecule has 92 heavy (non-hydrogen) atoms. The number of aliphatic hydroxyl groups is 2. The molecule has 512 valence electrons. The predicted octanol–water partition coefficient (Wildman–Crippen LogP) is -6.55. The number of carbonyl (C=O) groups is 12. The van der Waals surface area contributed by atoms with Crippen LogP contribution in [0.1, 0.15) is 98.2 Å². The van der Waals surface area contributed by atoms with E-state index in [9.17, 15) is 78.0 Å². The van der Waals surface area contributed by atoms with Crippen LogP contribution >= 0.6 is 12.6 Å². The lowest BCUT2D eigenvalue weighted by atomic mass is 10.0. The van der Waals surface area contributed by atoms with Gasteiger partial charge >= 0.3 is 11.9 Å². The van der Waals surface area contributed by atoms with Gasteiger partial charge in [-0.25, -0.2) is 9.78 Å². The highest BCUT2D eigenvalue weighted by atomic mass is 32.1. The van der Waals surface area contributed by atoms with Gasteiger partial charge in [0.2, 0.25) is 59.1 Å². The Kier molecular flexibility index (Phi) is 34.2. The molecule has 0 saturated heterocycles. The minimum atomic E-state index is -1.96. The summed E-state index contributed by atoms with van der Waals surface area (Å²) >= 11 is 4.13. The second-order valence-electron chi connectivity index (χ2n) is 22.5. The highest BCUT2D eigenvalue weighted by Gasteiger charge is 2.38. The Morgan fingerprint density at radius 3 is 1.47 bits per heavy atom. The fraction of sp³-hybridized carbons (Fsp3) is 0.589. The van der Waals surface area contributed by atoms with E-state index in [4.69, 9.17) is 28.7 Å². The first-order valence-electron chi connectivity index (χ1n) is 29.5. The quantitative estimate of drug-likeness (QED) is 0.0127. The molecule has 0 saturated carbocycles. The van der Waals surface area contributed by atoms with Gasteiger partial charge in [0.25, 0.3) is 0 Å². The zero-order chi connectivity index (χ0) is 69.5. The first-order chi connectivity index (χ1) is 43.1. The molecule has 1 heterocycles. The van der Waals surface area contributed by atoms with Gasteiger partial charge in [-0.15, -0.1) is 0 Å². The number of thiol groups is 1. The van der Waals surface area contributed by atoms with E-state index in [0.29, 0.717) is 5.56 Å². The molecule has 0 unspecified atom stereocenters. The first kappa shape index (κ1) is 78.9. The van der Waals surface area contributed by atoms with Crippen molar-refractivity contribution in [3.8, 4) is 0 Å². The average Bonchev–Trinajstić information content (AvgIpc) is 1.17. The monoisotopic (exact) mass is 1320 g/mol. The maximum atomic E-state index is 14.4. The summed E-state index contributed by atoms with van der Waals surface area (Å²) in [5.41, 5.74) is 28.5. The molecule has 0 spiro atoms. The third kappa shape index (κ3) is 28.8. The number of carboxylic acid groups (broad SMARTS) is 2. The second-order valence-corrected chi connectivity index (χ2v) is 22.9. The van der Waals surface area contributed by atoms with Crippen LogP contribution in [0.3, 0.4) is 0 Å². The molecular formula is C56H91N19O16S. The number of imidazole rings is 1. The van der Waals surface area contributed by atoms with Gasteiger partial charge in [0.15, 0.2) is 11.9 Å². The molecule has 10 amide bonds. The van der Waals surface area contributed by atoms with E-state index in [1.54, 1.807) is 44.2 Å². The number of benzene rings is 1. The van der Waals surface area contributed by atoms with Crippen molar-refractivity contribution in [2.24, 2.45) is 50.5 Å². The number of aromatic amines is 1. The van der Waals surface area contributed by atoms with Crippen LogP contribution in [0.5, 0.6) is 0 Å². The van der Waals surface area contributed by atoms with Gasteiger partial charge in [-0.05, 0) is 70.3 Å². The second kappa shape index (κ2) is 39.9. The van der Waals surface area contributed by atoms with Crippen molar-refractivity contribution in [3.05, 3.63) is 54.1 Å². The van der Waals surface area contributed by atoms with Crippen molar-refractivity contribution in [1.29, 1.82) is 0 Å². The molecular weight excluding hydrogens is 1230 g/mol. The Morgan fingerprint density at radius 2 is 0.989 bits per heavy atom. The molecule has 35 nitrogen and oxygen atoms in total. The van der Waals surface area contributed by atoms with Crippen LogP contribution in [0.4, 0.5) is 0 Å². The summed E-state index contributed by atoms with van der Waals surface area (Å²) in [5, 5.41) is 64.7. The van der Waals surface area contributed by atoms with Crippen LogP contribution < -0.4 is 81.8 Å².